The van der Waals surface area contributed by atoms with Crippen molar-refractivity contribution in [3.8, 4) is 0 Å². The maximum Gasteiger partial charge on any atom is 0.146 e. The van der Waals surface area contributed by atoms with Crippen molar-refractivity contribution in [1.82, 2.24) is 4.90 Å². The largest absolute Gasteiger partial charge is 0.377 e. The molecule has 2 unspecified atom stereocenters. The lowest BCUT2D eigenvalue weighted by Crippen LogP contribution is -2.38. The topological polar surface area (TPSA) is 38.5 Å². The molecule has 0 saturated carbocycles. The molecule has 0 radical (unpaired) electrons. The summed E-state index contributed by atoms with van der Waals surface area (Å²) < 4.78 is 19.9. The van der Waals surface area contributed by atoms with Gasteiger partial charge in [0.25, 0.3) is 0 Å². The Labute approximate surface area is 124 Å². The van der Waals surface area contributed by atoms with Crippen molar-refractivity contribution >= 4 is 11.6 Å². The van der Waals surface area contributed by atoms with Crippen molar-refractivity contribution in [2.24, 2.45) is 5.73 Å². The summed E-state index contributed by atoms with van der Waals surface area (Å²) in [5, 5.41) is 0.142. The molecule has 20 heavy (non-hydrogen) atoms. The third-order valence-corrected chi connectivity index (χ3v) is 4.15. The second kappa shape index (κ2) is 7.36. The summed E-state index contributed by atoms with van der Waals surface area (Å²) in [6.45, 7) is 1.92. The summed E-state index contributed by atoms with van der Waals surface area (Å²) in [5.41, 5.74) is 6.39. The van der Waals surface area contributed by atoms with Gasteiger partial charge in [0.1, 0.15) is 5.82 Å². The van der Waals surface area contributed by atoms with Gasteiger partial charge >= 0.3 is 0 Å². The first-order valence-corrected chi connectivity index (χ1v) is 7.47. The molecule has 0 bridgehead atoms. The number of hydrogen-bond donors (Lipinski definition) is 1. The lowest BCUT2D eigenvalue weighted by molar-refractivity contribution is -0.00799. The minimum Gasteiger partial charge on any atom is -0.377 e. The molecular formula is C15H22ClFN2O. The number of likely N-dealkylation sites (N-methyl/N-ethyl adjacent to an activating group) is 1. The summed E-state index contributed by atoms with van der Waals surface area (Å²) >= 11 is 5.85. The molecule has 2 N–H and O–H groups in total. The summed E-state index contributed by atoms with van der Waals surface area (Å²) in [6, 6.07) is 4.88. The summed E-state index contributed by atoms with van der Waals surface area (Å²) in [5.74, 6) is -0.374. The van der Waals surface area contributed by atoms with Crippen LogP contribution in [0.2, 0.25) is 5.02 Å². The second-order valence-corrected chi connectivity index (χ2v) is 5.73. The van der Waals surface area contributed by atoms with Crippen LogP contribution in [0.25, 0.3) is 0 Å². The Morgan fingerprint density at radius 3 is 2.95 bits per heavy atom. The fraction of sp³-hybridized carbons (Fsp3) is 0.600. The van der Waals surface area contributed by atoms with Crippen molar-refractivity contribution in [2.45, 2.75) is 31.4 Å². The fourth-order valence-electron chi connectivity index (χ4n) is 2.72. The molecule has 1 fully saturated rings. The molecule has 1 aromatic rings. The zero-order valence-corrected chi connectivity index (χ0v) is 12.6. The first-order valence-electron chi connectivity index (χ1n) is 7.09. The van der Waals surface area contributed by atoms with Crippen molar-refractivity contribution in [3.05, 3.63) is 34.6 Å². The molecular weight excluding hydrogens is 279 g/mol. The number of halogens is 2. The molecule has 0 spiro atoms. The van der Waals surface area contributed by atoms with Crippen LogP contribution in [0.15, 0.2) is 18.2 Å². The summed E-state index contributed by atoms with van der Waals surface area (Å²) in [6.07, 6.45) is 3.59. The number of hydrogen-bond acceptors (Lipinski definition) is 3. The minimum absolute atomic E-state index is 0.142. The van der Waals surface area contributed by atoms with E-state index in [-0.39, 0.29) is 23.0 Å². The quantitative estimate of drug-likeness (QED) is 0.908. The average Bonchev–Trinajstić information content (AvgIpc) is 2.45. The number of benzene rings is 1. The van der Waals surface area contributed by atoms with Gasteiger partial charge in [-0.15, -0.1) is 0 Å². The Kier molecular flexibility index (Phi) is 5.78. The van der Waals surface area contributed by atoms with Crippen LogP contribution in [0.1, 0.15) is 30.9 Å². The van der Waals surface area contributed by atoms with E-state index in [2.05, 4.69) is 4.90 Å². The van der Waals surface area contributed by atoms with Gasteiger partial charge in [0.05, 0.1) is 11.1 Å². The Morgan fingerprint density at radius 2 is 2.30 bits per heavy atom. The van der Waals surface area contributed by atoms with E-state index in [1.165, 1.54) is 6.42 Å². The molecule has 1 aliphatic rings. The molecule has 0 aliphatic carbocycles. The normalized spacial score (nSPS) is 21.1. The molecule has 0 amide bonds. The molecule has 3 nitrogen and oxygen atoms in total. The highest BCUT2D eigenvalue weighted by Gasteiger charge is 2.24. The monoisotopic (exact) mass is 300 g/mol. The Bertz CT molecular complexity index is 438. The van der Waals surface area contributed by atoms with Gasteiger partial charge in [-0.1, -0.05) is 23.7 Å². The van der Waals surface area contributed by atoms with E-state index in [1.807, 2.05) is 7.05 Å². The van der Waals surface area contributed by atoms with Crippen LogP contribution in [-0.2, 0) is 4.74 Å². The van der Waals surface area contributed by atoms with E-state index in [4.69, 9.17) is 22.1 Å². The van der Waals surface area contributed by atoms with Gasteiger partial charge in [-0.3, -0.25) is 4.90 Å². The van der Waals surface area contributed by atoms with E-state index in [0.29, 0.717) is 12.1 Å². The van der Waals surface area contributed by atoms with Crippen molar-refractivity contribution in [3.63, 3.8) is 0 Å². The van der Waals surface area contributed by atoms with Crippen LogP contribution in [-0.4, -0.2) is 37.7 Å². The maximum absolute atomic E-state index is 14.1. The van der Waals surface area contributed by atoms with Crippen LogP contribution >= 0.6 is 11.6 Å². The summed E-state index contributed by atoms with van der Waals surface area (Å²) in [4.78, 5) is 2.06. The number of nitrogens with two attached hydrogens (primary N) is 1. The molecule has 1 heterocycles. The first kappa shape index (κ1) is 15.7. The molecule has 1 aliphatic heterocycles. The number of nitrogens with zero attached hydrogens (tertiary/aromatic N) is 1. The van der Waals surface area contributed by atoms with Gasteiger partial charge < -0.3 is 10.5 Å². The van der Waals surface area contributed by atoms with Crippen LogP contribution in [0.4, 0.5) is 4.39 Å². The van der Waals surface area contributed by atoms with Gasteiger partial charge in [0.15, 0.2) is 0 Å². The smallest absolute Gasteiger partial charge is 0.146 e. The molecule has 112 valence electrons. The lowest BCUT2D eigenvalue weighted by atomic mass is 10.0. The van der Waals surface area contributed by atoms with E-state index in [0.717, 1.165) is 26.0 Å². The third kappa shape index (κ3) is 3.70. The van der Waals surface area contributed by atoms with Crippen molar-refractivity contribution < 1.29 is 9.13 Å². The Balaban J connectivity index is 2.08. The predicted octanol–water partition coefficient (Wildman–Crippen LogP) is 2.98. The zero-order chi connectivity index (χ0) is 14.5. The fourth-order valence-corrected chi connectivity index (χ4v) is 2.90. The maximum atomic E-state index is 14.1. The Hall–Kier alpha value is -0.680. The predicted molar refractivity (Wildman–Crippen MR) is 79.4 cm³/mol. The number of rotatable bonds is 5. The number of ether oxygens (including phenoxy) is 1. The lowest BCUT2D eigenvalue weighted by Gasteiger charge is -2.32. The van der Waals surface area contributed by atoms with E-state index >= 15 is 0 Å². The summed E-state index contributed by atoms with van der Waals surface area (Å²) in [7, 11) is 1.95. The molecule has 1 saturated heterocycles. The molecule has 2 atom stereocenters. The van der Waals surface area contributed by atoms with E-state index in [9.17, 15) is 4.39 Å². The zero-order valence-electron chi connectivity index (χ0n) is 11.8. The first-order chi connectivity index (χ1) is 9.63. The van der Waals surface area contributed by atoms with Crippen LogP contribution in [0.5, 0.6) is 0 Å². The van der Waals surface area contributed by atoms with Gasteiger partial charge in [-0.25, -0.2) is 4.39 Å². The van der Waals surface area contributed by atoms with Crippen LogP contribution in [0, 0.1) is 5.82 Å². The van der Waals surface area contributed by atoms with Crippen LogP contribution < -0.4 is 5.73 Å². The Morgan fingerprint density at radius 1 is 1.50 bits per heavy atom. The molecule has 2 rings (SSSR count). The van der Waals surface area contributed by atoms with E-state index < -0.39 is 0 Å². The van der Waals surface area contributed by atoms with Crippen LogP contribution in [0.3, 0.4) is 0 Å². The standard InChI is InChI=1S/C15H22ClFN2O/c1-19(10-11-5-2-3-8-20-11)14(9-18)12-6-4-7-13(16)15(12)17/h4,6-7,11,14H,2-3,5,8-10,18H2,1H3. The highest BCUT2D eigenvalue weighted by Crippen LogP contribution is 2.27. The highest BCUT2D eigenvalue weighted by molar-refractivity contribution is 6.30. The highest BCUT2D eigenvalue weighted by atomic mass is 35.5. The van der Waals surface area contributed by atoms with Gasteiger partial charge in [-0.05, 0) is 32.4 Å². The third-order valence-electron chi connectivity index (χ3n) is 3.86. The van der Waals surface area contributed by atoms with Crippen molar-refractivity contribution in [2.75, 3.05) is 26.7 Å². The molecule has 1 aromatic carbocycles. The van der Waals surface area contributed by atoms with Gasteiger partial charge in [-0.2, -0.15) is 0 Å². The molecule has 0 aromatic heterocycles. The van der Waals surface area contributed by atoms with E-state index in [1.54, 1.807) is 18.2 Å². The average molecular weight is 301 g/mol. The molecule has 5 heteroatoms. The minimum atomic E-state index is -0.374. The SMILES string of the molecule is CN(CC1CCCCO1)C(CN)c1cccc(Cl)c1F. The van der Waals surface area contributed by atoms with Crippen molar-refractivity contribution in [1.29, 1.82) is 0 Å². The van der Waals surface area contributed by atoms with Gasteiger partial charge in [0.2, 0.25) is 0 Å². The second-order valence-electron chi connectivity index (χ2n) is 5.32. The van der Waals surface area contributed by atoms with Gasteiger partial charge in [0, 0.05) is 31.3 Å².